The number of benzene rings is 2. The van der Waals surface area contributed by atoms with Crippen molar-refractivity contribution in [3.05, 3.63) is 68.9 Å². The first-order valence-corrected chi connectivity index (χ1v) is 8.45. The van der Waals surface area contributed by atoms with Gasteiger partial charge < -0.3 is 10.4 Å². The molecule has 0 aliphatic heterocycles. The average molecular weight is 364 g/mol. The van der Waals surface area contributed by atoms with Crippen LogP contribution in [-0.2, 0) is 0 Å². The Morgan fingerprint density at radius 3 is 2.54 bits per heavy atom. The van der Waals surface area contributed by atoms with Gasteiger partial charge in [-0.25, -0.2) is 4.39 Å². The van der Waals surface area contributed by atoms with E-state index in [9.17, 15) is 9.50 Å². The molecule has 1 aromatic heterocycles. The number of aliphatic hydroxyl groups excluding tert-OH is 1. The molecule has 3 aromatic rings. The quantitative estimate of drug-likeness (QED) is 0.700. The predicted molar refractivity (Wildman–Crippen MR) is 94.6 cm³/mol. The molecule has 0 fully saturated rings. The Balaban J connectivity index is 1.83. The maximum Gasteiger partial charge on any atom is 0.210 e. The number of aliphatic hydroxyl groups is 1. The van der Waals surface area contributed by atoms with E-state index in [4.69, 9.17) is 11.6 Å². The zero-order valence-electron chi connectivity index (χ0n) is 13.0. The van der Waals surface area contributed by atoms with E-state index in [1.807, 2.05) is 32.0 Å². The van der Waals surface area contributed by atoms with Gasteiger partial charge in [-0.3, -0.25) is 0 Å². The number of aryl methyl sites for hydroxylation is 2. The summed E-state index contributed by atoms with van der Waals surface area (Å²) in [4.78, 5) is 0. The molecule has 124 valence electrons. The second kappa shape index (κ2) is 6.84. The lowest BCUT2D eigenvalue weighted by molar-refractivity contribution is 0.219. The Morgan fingerprint density at radius 1 is 1.17 bits per heavy atom. The van der Waals surface area contributed by atoms with Crippen molar-refractivity contribution >= 4 is 33.8 Å². The van der Waals surface area contributed by atoms with E-state index in [2.05, 4.69) is 15.5 Å². The van der Waals surface area contributed by atoms with Crippen LogP contribution in [-0.4, -0.2) is 15.3 Å². The lowest BCUT2D eigenvalue weighted by Gasteiger charge is -2.09. The first-order valence-electron chi connectivity index (χ1n) is 7.25. The van der Waals surface area contributed by atoms with Crippen molar-refractivity contribution in [1.82, 2.24) is 10.2 Å². The van der Waals surface area contributed by atoms with Gasteiger partial charge in [-0.15, -0.1) is 10.2 Å². The molecular formula is C17H15ClFN3OS. The third-order valence-electron chi connectivity index (χ3n) is 3.65. The van der Waals surface area contributed by atoms with Crippen LogP contribution >= 0.6 is 22.9 Å². The molecule has 1 atom stereocenters. The maximum absolute atomic E-state index is 13.2. The third-order valence-corrected chi connectivity index (χ3v) is 4.83. The van der Waals surface area contributed by atoms with Crippen LogP contribution in [0.4, 0.5) is 15.2 Å². The van der Waals surface area contributed by atoms with Crippen molar-refractivity contribution in [2.75, 3.05) is 5.32 Å². The van der Waals surface area contributed by atoms with Gasteiger partial charge in [0, 0.05) is 5.69 Å². The van der Waals surface area contributed by atoms with Gasteiger partial charge in [0.15, 0.2) is 5.01 Å². The minimum Gasteiger partial charge on any atom is -0.381 e. The van der Waals surface area contributed by atoms with Crippen molar-refractivity contribution in [3.63, 3.8) is 0 Å². The molecule has 4 nitrogen and oxygen atoms in total. The highest BCUT2D eigenvalue weighted by Crippen LogP contribution is 2.31. The number of rotatable bonds is 4. The van der Waals surface area contributed by atoms with Crippen molar-refractivity contribution in [2.45, 2.75) is 20.0 Å². The summed E-state index contributed by atoms with van der Waals surface area (Å²) in [5.41, 5.74) is 3.63. The first-order chi connectivity index (χ1) is 11.5. The van der Waals surface area contributed by atoms with Crippen LogP contribution < -0.4 is 5.32 Å². The average Bonchev–Trinajstić information content (AvgIpc) is 3.02. The number of aromatic nitrogens is 2. The standard InChI is InChI=1S/C17H15ClFN3OS/c1-9-4-3-5-10(2)14(9)20-17-22-21-16(24-17)15(23)11-6-7-13(19)12(18)8-11/h3-8,15,23H,1-2H3,(H,20,22). The Bertz CT molecular complexity index is 864. The molecule has 0 amide bonds. The largest absolute Gasteiger partial charge is 0.381 e. The van der Waals surface area contributed by atoms with Crippen molar-refractivity contribution in [3.8, 4) is 0 Å². The molecule has 2 aromatic carbocycles. The zero-order valence-corrected chi connectivity index (χ0v) is 14.6. The maximum atomic E-state index is 13.2. The molecule has 7 heteroatoms. The summed E-state index contributed by atoms with van der Waals surface area (Å²) >= 11 is 7.00. The molecule has 24 heavy (non-hydrogen) atoms. The number of hydrogen-bond donors (Lipinski definition) is 2. The summed E-state index contributed by atoms with van der Waals surface area (Å²) in [6.45, 7) is 4.01. The Kier molecular flexibility index (Phi) is 4.80. The highest BCUT2D eigenvalue weighted by Gasteiger charge is 2.18. The fourth-order valence-electron chi connectivity index (χ4n) is 2.34. The third kappa shape index (κ3) is 3.40. The normalized spacial score (nSPS) is 12.2. The van der Waals surface area contributed by atoms with Gasteiger partial charge >= 0.3 is 0 Å². The van der Waals surface area contributed by atoms with Gasteiger partial charge in [0.1, 0.15) is 11.9 Å². The summed E-state index contributed by atoms with van der Waals surface area (Å²) in [7, 11) is 0. The summed E-state index contributed by atoms with van der Waals surface area (Å²) in [6, 6.07) is 10.1. The van der Waals surface area contributed by atoms with E-state index in [1.165, 1.54) is 29.5 Å². The molecule has 3 rings (SSSR count). The van der Waals surface area contributed by atoms with Gasteiger partial charge in [0.2, 0.25) is 5.13 Å². The van der Waals surface area contributed by atoms with Gasteiger partial charge in [-0.2, -0.15) is 0 Å². The highest BCUT2D eigenvalue weighted by atomic mass is 35.5. The lowest BCUT2D eigenvalue weighted by atomic mass is 10.1. The Morgan fingerprint density at radius 2 is 1.88 bits per heavy atom. The topological polar surface area (TPSA) is 58.0 Å². The van der Waals surface area contributed by atoms with Crippen molar-refractivity contribution < 1.29 is 9.50 Å². The Hall–Kier alpha value is -2.02. The zero-order chi connectivity index (χ0) is 17.3. The molecule has 0 bridgehead atoms. The fraction of sp³-hybridized carbons (Fsp3) is 0.176. The number of anilines is 2. The molecular weight excluding hydrogens is 349 g/mol. The second-order valence-corrected chi connectivity index (χ2v) is 6.83. The van der Waals surface area contributed by atoms with E-state index in [0.717, 1.165) is 16.8 Å². The minimum atomic E-state index is -1.01. The van der Waals surface area contributed by atoms with E-state index in [1.54, 1.807) is 0 Å². The molecule has 1 unspecified atom stereocenters. The molecule has 0 radical (unpaired) electrons. The number of nitrogens with zero attached hydrogens (tertiary/aromatic N) is 2. The second-order valence-electron chi connectivity index (χ2n) is 5.41. The van der Waals surface area contributed by atoms with Crippen LogP contribution in [0.15, 0.2) is 36.4 Å². The van der Waals surface area contributed by atoms with Gasteiger partial charge in [-0.1, -0.05) is 47.2 Å². The number of halogens is 2. The van der Waals surface area contributed by atoms with E-state index in [0.29, 0.717) is 15.7 Å². The van der Waals surface area contributed by atoms with E-state index >= 15 is 0 Å². The molecule has 0 saturated heterocycles. The SMILES string of the molecule is Cc1cccc(C)c1Nc1nnc(C(O)c2ccc(F)c(Cl)c2)s1. The van der Waals surface area contributed by atoms with Crippen LogP contribution in [0, 0.1) is 19.7 Å². The smallest absolute Gasteiger partial charge is 0.210 e. The van der Waals surface area contributed by atoms with Gasteiger partial charge in [-0.05, 0) is 42.7 Å². The van der Waals surface area contributed by atoms with Crippen LogP contribution in [0.5, 0.6) is 0 Å². The minimum absolute atomic E-state index is 0.0371. The number of para-hydroxylation sites is 1. The fourth-order valence-corrected chi connectivity index (χ4v) is 3.29. The summed E-state index contributed by atoms with van der Waals surface area (Å²) in [5.74, 6) is -0.526. The van der Waals surface area contributed by atoms with Gasteiger partial charge in [0.05, 0.1) is 5.02 Å². The van der Waals surface area contributed by atoms with Crippen LogP contribution in [0.2, 0.25) is 5.02 Å². The summed E-state index contributed by atoms with van der Waals surface area (Å²) in [6.07, 6.45) is -1.01. The number of hydrogen-bond acceptors (Lipinski definition) is 5. The highest BCUT2D eigenvalue weighted by molar-refractivity contribution is 7.15. The molecule has 0 spiro atoms. The first kappa shape index (κ1) is 16.8. The monoisotopic (exact) mass is 363 g/mol. The van der Waals surface area contributed by atoms with Crippen LogP contribution in [0.3, 0.4) is 0 Å². The molecule has 2 N–H and O–H groups in total. The van der Waals surface area contributed by atoms with Crippen molar-refractivity contribution in [2.24, 2.45) is 0 Å². The van der Waals surface area contributed by atoms with E-state index < -0.39 is 11.9 Å². The Labute approximate surface area is 148 Å². The molecule has 0 aliphatic rings. The van der Waals surface area contributed by atoms with Crippen LogP contribution in [0.25, 0.3) is 0 Å². The summed E-state index contributed by atoms with van der Waals surface area (Å²) < 4.78 is 13.2. The number of nitrogens with one attached hydrogen (secondary N) is 1. The molecule has 0 saturated carbocycles. The lowest BCUT2D eigenvalue weighted by Crippen LogP contribution is -1.99. The van der Waals surface area contributed by atoms with E-state index in [-0.39, 0.29) is 5.02 Å². The molecule has 1 heterocycles. The van der Waals surface area contributed by atoms with Gasteiger partial charge in [0.25, 0.3) is 0 Å². The van der Waals surface area contributed by atoms with Crippen LogP contribution in [0.1, 0.15) is 27.8 Å². The van der Waals surface area contributed by atoms with Crippen molar-refractivity contribution in [1.29, 1.82) is 0 Å². The predicted octanol–water partition coefficient (Wildman–Crippen LogP) is 4.77. The summed E-state index contributed by atoms with van der Waals surface area (Å²) in [5, 5.41) is 22.7. The molecule has 0 aliphatic carbocycles.